The van der Waals surface area contributed by atoms with Crippen molar-refractivity contribution >= 4 is 32.6 Å². The van der Waals surface area contributed by atoms with Crippen LogP contribution in [0.2, 0.25) is 0 Å². The summed E-state index contributed by atoms with van der Waals surface area (Å²) < 4.78 is 0.981. The molecule has 4 nitrogen and oxygen atoms in total. The summed E-state index contributed by atoms with van der Waals surface area (Å²) in [7, 11) is 0. The molecule has 1 aromatic carbocycles. The van der Waals surface area contributed by atoms with E-state index in [-0.39, 0.29) is 5.91 Å². The maximum atomic E-state index is 12.4. The van der Waals surface area contributed by atoms with E-state index >= 15 is 0 Å². The van der Waals surface area contributed by atoms with E-state index in [2.05, 4.69) is 11.9 Å². The van der Waals surface area contributed by atoms with Crippen LogP contribution in [0, 0.1) is 5.92 Å². The first-order valence-electron chi connectivity index (χ1n) is 6.62. The van der Waals surface area contributed by atoms with Gasteiger partial charge >= 0.3 is 0 Å². The molecule has 1 amide bonds. The molecule has 0 radical (unpaired) electrons. The first-order valence-corrected chi connectivity index (χ1v) is 7.44. The zero-order valence-corrected chi connectivity index (χ0v) is 11.7. The lowest BCUT2D eigenvalue weighted by Crippen LogP contribution is -2.28. The molecule has 100 valence electrons. The number of thiazole rings is 1. The number of benzene rings is 1. The average molecular weight is 275 g/mol. The highest BCUT2D eigenvalue weighted by Crippen LogP contribution is 2.26. The van der Waals surface area contributed by atoms with Crippen molar-refractivity contribution in [1.29, 1.82) is 0 Å². The number of amides is 1. The number of aromatic nitrogens is 1. The second kappa shape index (κ2) is 4.81. The number of likely N-dealkylation sites (tertiary alicyclic amines) is 1. The summed E-state index contributed by atoms with van der Waals surface area (Å²) in [4.78, 5) is 18.6. The van der Waals surface area contributed by atoms with E-state index in [1.807, 2.05) is 23.1 Å². The molecular weight excluding hydrogens is 258 g/mol. The minimum Gasteiger partial charge on any atom is -0.375 e. The molecule has 2 N–H and O–H groups in total. The van der Waals surface area contributed by atoms with Crippen LogP contribution in [0.3, 0.4) is 0 Å². The van der Waals surface area contributed by atoms with Gasteiger partial charge in [-0.25, -0.2) is 4.98 Å². The standard InChI is InChI=1S/C14H17N3OS/c1-2-9-5-6-17(8-9)13(18)10-3-4-11-12(7-10)19-14(15)16-11/h3-4,7,9H,2,5-6,8H2,1H3,(H2,15,16). The fraction of sp³-hybridized carbons (Fsp3) is 0.429. The molecular formula is C14H17N3OS. The Balaban J connectivity index is 1.85. The van der Waals surface area contributed by atoms with Crippen molar-refractivity contribution in [3.8, 4) is 0 Å². The number of carbonyl (C=O) groups is 1. The first-order chi connectivity index (χ1) is 9.17. The topological polar surface area (TPSA) is 59.2 Å². The van der Waals surface area contributed by atoms with Gasteiger partial charge in [0.15, 0.2) is 5.13 Å². The summed E-state index contributed by atoms with van der Waals surface area (Å²) >= 11 is 1.43. The highest BCUT2D eigenvalue weighted by atomic mass is 32.1. The monoisotopic (exact) mass is 275 g/mol. The Kier molecular flexibility index (Phi) is 3.14. The number of nitrogens with two attached hydrogens (primary N) is 1. The molecule has 5 heteroatoms. The number of fused-ring (bicyclic) bond motifs is 1. The minimum absolute atomic E-state index is 0.129. The molecule has 1 fully saturated rings. The number of hydrogen-bond donors (Lipinski definition) is 1. The van der Waals surface area contributed by atoms with Gasteiger partial charge in [0, 0.05) is 18.7 Å². The number of carbonyl (C=O) groups excluding carboxylic acids is 1. The Morgan fingerprint density at radius 1 is 1.58 bits per heavy atom. The molecule has 3 rings (SSSR count). The molecule has 1 aliphatic heterocycles. The molecule has 1 saturated heterocycles. The predicted molar refractivity (Wildman–Crippen MR) is 78.3 cm³/mol. The van der Waals surface area contributed by atoms with Crippen molar-refractivity contribution < 1.29 is 4.79 Å². The lowest BCUT2D eigenvalue weighted by Gasteiger charge is -2.16. The van der Waals surface area contributed by atoms with Gasteiger partial charge in [-0.05, 0) is 30.5 Å². The van der Waals surface area contributed by atoms with E-state index in [0.717, 1.165) is 41.7 Å². The van der Waals surface area contributed by atoms with E-state index in [9.17, 15) is 4.79 Å². The molecule has 0 saturated carbocycles. The van der Waals surface area contributed by atoms with Crippen LogP contribution >= 0.6 is 11.3 Å². The van der Waals surface area contributed by atoms with Crippen LogP contribution in [0.25, 0.3) is 10.2 Å². The largest absolute Gasteiger partial charge is 0.375 e. The lowest BCUT2D eigenvalue weighted by atomic mass is 10.1. The van der Waals surface area contributed by atoms with Crippen LogP contribution in [0.4, 0.5) is 5.13 Å². The van der Waals surface area contributed by atoms with Gasteiger partial charge in [-0.3, -0.25) is 4.79 Å². The number of rotatable bonds is 2. The molecule has 2 heterocycles. The number of hydrogen-bond acceptors (Lipinski definition) is 4. The third-order valence-electron chi connectivity index (χ3n) is 3.80. The Bertz CT molecular complexity index is 622. The van der Waals surface area contributed by atoms with Gasteiger partial charge < -0.3 is 10.6 Å². The van der Waals surface area contributed by atoms with Crippen molar-refractivity contribution in [1.82, 2.24) is 9.88 Å². The number of nitrogen functional groups attached to an aromatic ring is 1. The van der Waals surface area contributed by atoms with Crippen molar-refractivity contribution in [3.05, 3.63) is 23.8 Å². The molecule has 0 spiro atoms. The molecule has 1 unspecified atom stereocenters. The fourth-order valence-electron chi connectivity index (χ4n) is 2.61. The summed E-state index contributed by atoms with van der Waals surface area (Å²) in [5.74, 6) is 0.788. The van der Waals surface area contributed by atoms with Crippen molar-refractivity contribution in [3.63, 3.8) is 0 Å². The molecule has 19 heavy (non-hydrogen) atoms. The number of nitrogens with zero attached hydrogens (tertiary/aromatic N) is 2. The van der Waals surface area contributed by atoms with Crippen LogP contribution in [0.5, 0.6) is 0 Å². The molecule has 1 aliphatic rings. The van der Waals surface area contributed by atoms with E-state index in [0.29, 0.717) is 11.0 Å². The van der Waals surface area contributed by atoms with Crippen molar-refractivity contribution in [2.24, 2.45) is 5.92 Å². The van der Waals surface area contributed by atoms with Gasteiger partial charge in [-0.15, -0.1) is 0 Å². The zero-order chi connectivity index (χ0) is 13.4. The summed E-state index contributed by atoms with van der Waals surface area (Å²) in [5, 5.41) is 0.548. The maximum absolute atomic E-state index is 12.4. The quantitative estimate of drug-likeness (QED) is 0.916. The Morgan fingerprint density at radius 2 is 2.42 bits per heavy atom. The zero-order valence-electron chi connectivity index (χ0n) is 10.9. The van der Waals surface area contributed by atoms with Crippen LogP contribution in [0.15, 0.2) is 18.2 Å². The van der Waals surface area contributed by atoms with Crippen LogP contribution in [-0.2, 0) is 0 Å². The van der Waals surface area contributed by atoms with E-state index in [1.54, 1.807) is 0 Å². The fourth-order valence-corrected chi connectivity index (χ4v) is 3.38. The van der Waals surface area contributed by atoms with Crippen LogP contribution in [0.1, 0.15) is 30.1 Å². The average Bonchev–Trinajstić information content (AvgIpc) is 3.01. The Labute approximate surface area is 116 Å². The van der Waals surface area contributed by atoms with Crippen LogP contribution < -0.4 is 5.73 Å². The number of anilines is 1. The van der Waals surface area contributed by atoms with Gasteiger partial charge in [0.05, 0.1) is 10.2 Å². The smallest absolute Gasteiger partial charge is 0.253 e. The van der Waals surface area contributed by atoms with Gasteiger partial charge in [0.25, 0.3) is 5.91 Å². The van der Waals surface area contributed by atoms with Crippen LogP contribution in [-0.4, -0.2) is 28.9 Å². The summed E-state index contributed by atoms with van der Waals surface area (Å²) in [5.41, 5.74) is 7.30. The maximum Gasteiger partial charge on any atom is 0.253 e. The summed E-state index contributed by atoms with van der Waals surface area (Å²) in [6, 6.07) is 5.64. The van der Waals surface area contributed by atoms with Gasteiger partial charge in [-0.1, -0.05) is 24.7 Å². The predicted octanol–water partition coefficient (Wildman–Crippen LogP) is 2.75. The second-order valence-electron chi connectivity index (χ2n) is 5.05. The first kappa shape index (κ1) is 12.4. The van der Waals surface area contributed by atoms with E-state index in [4.69, 9.17) is 5.73 Å². The lowest BCUT2D eigenvalue weighted by molar-refractivity contribution is 0.0787. The third kappa shape index (κ3) is 2.30. The minimum atomic E-state index is 0.129. The molecule has 1 atom stereocenters. The van der Waals surface area contributed by atoms with E-state index in [1.165, 1.54) is 11.3 Å². The van der Waals surface area contributed by atoms with Gasteiger partial charge in [-0.2, -0.15) is 0 Å². The Morgan fingerprint density at radius 3 is 3.16 bits per heavy atom. The Hall–Kier alpha value is -1.62. The van der Waals surface area contributed by atoms with Gasteiger partial charge in [0.1, 0.15) is 0 Å². The SMILES string of the molecule is CCC1CCN(C(=O)c2ccc3nc(N)sc3c2)C1. The van der Waals surface area contributed by atoms with Crippen molar-refractivity contribution in [2.45, 2.75) is 19.8 Å². The normalized spacial score (nSPS) is 19.2. The van der Waals surface area contributed by atoms with Gasteiger partial charge in [0.2, 0.25) is 0 Å². The van der Waals surface area contributed by atoms with E-state index < -0.39 is 0 Å². The summed E-state index contributed by atoms with van der Waals surface area (Å²) in [6.07, 6.45) is 2.27. The van der Waals surface area contributed by atoms with Crippen molar-refractivity contribution in [2.75, 3.05) is 18.8 Å². The second-order valence-corrected chi connectivity index (χ2v) is 6.11. The molecule has 0 aliphatic carbocycles. The highest BCUT2D eigenvalue weighted by molar-refractivity contribution is 7.22. The third-order valence-corrected chi connectivity index (χ3v) is 4.65. The molecule has 0 bridgehead atoms. The molecule has 1 aromatic heterocycles. The highest BCUT2D eigenvalue weighted by Gasteiger charge is 2.25. The summed E-state index contributed by atoms with van der Waals surface area (Å²) in [6.45, 7) is 3.95. The molecule has 2 aromatic rings.